The number of benzene rings is 1. The van der Waals surface area contributed by atoms with Gasteiger partial charge < -0.3 is 5.32 Å². The Bertz CT molecular complexity index is 856. The maximum Gasteiger partial charge on any atom is 0.274 e. The van der Waals surface area contributed by atoms with Crippen molar-refractivity contribution >= 4 is 15.7 Å². The van der Waals surface area contributed by atoms with E-state index in [1.165, 1.54) is 5.56 Å². The molecule has 0 aliphatic carbocycles. The van der Waals surface area contributed by atoms with Crippen LogP contribution in [0.15, 0.2) is 24.3 Å². The molecule has 0 unspecified atom stereocenters. The third kappa shape index (κ3) is 3.33. The number of amides is 1. The maximum atomic E-state index is 12.4. The lowest BCUT2D eigenvalue weighted by molar-refractivity contribution is 0.0935. The zero-order chi connectivity index (χ0) is 17.3. The van der Waals surface area contributed by atoms with E-state index in [4.69, 9.17) is 0 Å². The van der Waals surface area contributed by atoms with Gasteiger partial charge in [-0.25, -0.2) is 13.1 Å². The van der Waals surface area contributed by atoms with Gasteiger partial charge in [0.2, 0.25) is 0 Å². The highest BCUT2D eigenvalue weighted by Crippen LogP contribution is 2.15. The van der Waals surface area contributed by atoms with Crippen molar-refractivity contribution in [1.29, 1.82) is 0 Å². The van der Waals surface area contributed by atoms with Crippen LogP contribution < -0.4 is 5.32 Å². The number of aromatic nitrogens is 3. The van der Waals surface area contributed by atoms with Crippen LogP contribution >= 0.6 is 0 Å². The van der Waals surface area contributed by atoms with E-state index in [2.05, 4.69) is 22.6 Å². The average Bonchev–Trinajstić information content (AvgIpc) is 3.09. The second kappa shape index (κ2) is 6.35. The summed E-state index contributed by atoms with van der Waals surface area (Å²) in [6, 6.07) is 7.55. The molecule has 2 heterocycles. The first-order chi connectivity index (χ1) is 11.4. The maximum absolute atomic E-state index is 12.4. The van der Waals surface area contributed by atoms with Gasteiger partial charge in [0, 0.05) is 6.04 Å². The lowest BCUT2D eigenvalue weighted by Crippen LogP contribution is -2.36. The Balaban J connectivity index is 1.77. The number of sulfone groups is 1. The van der Waals surface area contributed by atoms with Gasteiger partial charge in [-0.2, -0.15) is 0 Å². The van der Waals surface area contributed by atoms with Crippen molar-refractivity contribution in [2.75, 3.05) is 11.5 Å². The number of hydrogen-bond donors (Lipinski definition) is 1. The van der Waals surface area contributed by atoms with Crippen LogP contribution in [-0.2, 0) is 16.3 Å². The molecule has 1 aliphatic heterocycles. The first-order valence-electron chi connectivity index (χ1n) is 7.92. The third-order valence-corrected chi connectivity index (χ3v) is 6.03. The predicted octanol–water partition coefficient (Wildman–Crippen LogP) is 1.06. The van der Waals surface area contributed by atoms with Crippen molar-refractivity contribution in [2.45, 2.75) is 32.7 Å². The quantitative estimate of drug-likeness (QED) is 0.891. The molecule has 1 saturated heterocycles. The van der Waals surface area contributed by atoms with E-state index >= 15 is 0 Å². The molecular formula is C16H20N4O3S. The normalized spacial score (nSPS) is 19.3. The molecule has 1 amide bonds. The SMILES string of the molecule is CCc1ccc(-n2nnc(C(=O)N[C@H]3CCS(=O)(=O)C3)c2C)cc1. The molecule has 128 valence electrons. The Hall–Kier alpha value is -2.22. The minimum atomic E-state index is -3.03. The minimum Gasteiger partial charge on any atom is -0.347 e. The number of carbonyl (C=O) groups is 1. The van der Waals surface area contributed by atoms with E-state index in [-0.39, 0.29) is 29.1 Å². The van der Waals surface area contributed by atoms with Crippen molar-refractivity contribution in [1.82, 2.24) is 20.3 Å². The van der Waals surface area contributed by atoms with Gasteiger partial charge in [0.1, 0.15) is 0 Å². The van der Waals surface area contributed by atoms with E-state index in [9.17, 15) is 13.2 Å². The lowest BCUT2D eigenvalue weighted by atomic mass is 10.1. The lowest BCUT2D eigenvalue weighted by Gasteiger charge is -2.09. The van der Waals surface area contributed by atoms with Crippen LogP contribution in [0.25, 0.3) is 5.69 Å². The van der Waals surface area contributed by atoms with Gasteiger partial charge in [-0.3, -0.25) is 4.79 Å². The Morgan fingerprint density at radius 3 is 2.62 bits per heavy atom. The summed E-state index contributed by atoms with van der Waals surface area (Å²) in [5.41, 5.74) is 2.90. The molecule has 0 bridgehead atoms. The topological polar surface area (TPSA) is 93.9 Å². The van der Waals surface area contributed by atoms with Crippen LogP contribution in [0.3, 0.4) is 0 Å². The number of carbonyl (C=O) groups excluding carboxylic acids is 1. The molecule has 3 rings (SSSR count). The highest BCUT2D eigenvalue weighted by atomic mass is 32.2. The minimum absolute atomic E-state index is 0.00952. The fourth-order valence-electron chi connectivity index (χ4n) is 2.82. The standard InChI is InChI=1S/C16H20N4O3S/c1-3-12-4-6-14(7-5-12)20-11(2)15(18-19-20)16(21)17-13-8-9-24(22,23)10-13/h4-7,13H,3,8-10H2,1-2H3,(H,17,21)/t13-/m0/s1. The van der Waals surface area contributed by atoms with Crippen LogP contribution in [-0.4, -0.2) is 46.9 Å². The molecule has 0 saturated carbocycles. The molecule has 1 aromatic carbocycles. The smallest absolute Gasteiger partial charge is 0.274 e. The third-order valence-electron chi connectivity index (χ3n) is 4.27. The van der Waals surface area contributed by atoms with Crippen molar-refractivity contribution in [3.8, 4) is 5.69 Å². The average molecular weight is 348 g/mol. The van der Waals surface area contributed by atoms with Gasteiger partial charge in [-0.05, 0) is 37.5 Å². The summed E-state index contributed by atoms with van der Waals surface area (Å²) in [5, 5.41) is 10.8. The molecule has 24 heavy (non-hydrogen) atoms. The number of hydrogen-bond acceptors (Lipinski definition) is 5. The molecule has 8 heteroatoms. The first-order valence-corrected chi connectivity index (χ1v) is 9.74. The van der Waals surface area contributed by atoms with Gasteiger partial charge >= 0.3 is 0 Å². The van der Waals surface area contributed by atoms with Crippen molar-refractivity contribution in [3.63, 3.8) is 0 Å². The zero-order valence-corrected chi connectivity index (χ0v) is 14.5. The van der Waals surface area contributed by atoms with Crippen LogP contribution in [0, 0.1) is 6.92 Å². The Morgan fingerprint density at radius 2 is 2.04 bits per heavy atom. The molecular weight excluding hydrogens is 328 g/mol. The molecule has 1 fully saturated rings. The molecule has 1 atom stereocenters. The molecule has 7 nitrogen and oxygen atoms in total. The summed E-state index contributed by atoms with van der Waals surface area (Å²) in [6.07, 6.45) is 1.40. The summed E-state index contributed by atoms with van der Waals surface area (Å²) in [4.78, 5) is 12.4. The highest BCUT2D eigenvalue weighted by molar-refractivity contribution is 7.91. The highest BCUT2D eigenvalue weighted by Gasteiger charge is 2.30. The van der Waals surface area contributed by atoms with Gasteiger partial charge in [0.05, 0.1) is 22.9 Å². The van der Waals surface area contributed by atoms with E-state index in [0.717, 1.165) is 12.1 Å². The Kier molecular flexibility index (Phi) is 4.40. The number of aryl methyl sites for hydroxylation is 1. The largest absolute Gasteiger partial charge is 0.347 e. The van der Waals surface area contributed by atoms with Crippen molar-refractivity contribution in [3.05, 3.63) is 41.2 Å². The first kappa shape index (κ1) is 16.6. The number of nitrogens with one attached hydrogen (secondary N) is 1. The van der Waals surface area contributed by atoms with Crippen LogP contribution in [0.1, 0.15) is 35.1 Å². The van der Waals surface area contributed by atoms with Gasteiger partial charge in [0.25, 0.3) is 5.91 Å². The van der Waals surface area contributed by atoms with E-state index in [0.29, 0.717) is 12.1 Å². The summed E-state index contributed by atoms with van der Waals surface area (Å²) < 4.78 is 24.6. The molecule has 0 spiro atoms. The van der Waals surface area contributed by atoms with Crippen LogP contribution in [0.5, 0.6) is 0 Å². The zero-order valence-electron chi connectivity index (χ0n) is 13.7. The van der Waals surface area contributed by atoms with Crippen LogP contribution in [0.4, 0.5) is 0 Å². The Morgan fingerprint density at radius 1 is 1.33 bits per heavy atom. The fourth-order valence-corrected chi connectivity index (χ4v) is 4.49. The monoisotopic (exact) mass is 348 g/mol. The van der Waals surface area contributed by atoms with Crippen molar-refractivity contribution in [2.24, 2.45) is 0 Å². The second-order valence-electron chi connectivity index (χ2n) is 6.03. The molecule has 0 radical (unpaired) electrons. The van der Waals surface area contributed by atoms with E-state index in [1.54, 1.807) is 11.6 Å². The summed E-state index contributed by atoms with van der Waals surface area (Å²) in [5.74, 6) is -0.274. The summed E-state index contributed by atoms with van der Waals surface area (Å²) in [6.45, 7) is 3.86. The van der Waals surface area contributed by atoms with Crippen LogP contribution in [0.2, 0.25) is 0 Å². The summed E-state index contributed by atoms with van der Waals surface area (Å²) >= 11 is 0. The van der Waals surface area contributed by atoms with E-state index in [1.807, 2.05) is 24.3 Å². The predicted molar refractivity (Wildman–Crippen MR) is 90.0 cm³/mol. The molecule has 1 N–H and O–H groups in total. The Labute approximate surface area is 141 Å². The summed E-state index contributed by atoms with van der Waals surface area (Å²) in [7, 11) is -3.03. The number of rotatable bonds is 4. The molecule has 1 aliphatic rings. The number of nitrogens with zero attached hydrogens (tertiary/aromatic N) is 3. The second-order valence-corrected chi connectivity index (χ2v) is 8.26. The van der Waals surface area contributed by atoms with Gasteiger partial charge in [-0.15, -0.1) is 5.10 Å². The fraction of sp³-hybridized carbons (Fsp3) is 0.438. The molecule has 2 aromatic rings. The van der Waals surface area contributed by atoms with Gasteiger partial charge in [0.15, 0.2) is 15.5 Å². The van der Waals surface area contributed by atoms with Crippen molar-refractivity contribution < 1.29 is 13.2 Å². The van der Waals surface area contributed by atoms with E-state index < -0.39 is 9.84 Å². The van der Waals surface area contributed by atoms with Gasteiger partial charge in [-0.1, -0.05) is 24.3 Å². The molecule has 1 aromatic heterocycles.